The van der Waals surface area contributed by atoms with Crippen molar-refractivity contribution in [2.45, 2.75) is 27.2 Å². The molecule has 0 amide bonds. The molecular formula is C16H20O2. The van der Waals surface area contributed by atoms with Crippen molar-refractivity contribution in [3.63, 3.8) is 0 Å². The average Bonchev–Trinajstić information content (AvgIpc) is 2.36. The summed E-state index contributed by atoms with van der Waals surface area (Å²) in [6.07, 6.45) is 1.03. The highest BCUT2D eigenvalue weighted by Crippen LogP contribution is 2.13. The Kier molecular flexibility index (Phi) is 5.25. The molecule has 2 heteroatoms. The lowest BCUT2D eigenvalue weighted by Gasteiger charge is -1.97. The van der Waals surface area contributed by atoms with Crippen LogP contribution in [-0.2, 0) is 6.42 Å². The molecule has 0 saturated carbocycles. The lowest BCUT2D eigenvalue weighted by atomic mass is 10.1. The summed E-state index contributed by atoms with van der Waals surface area (Å²) in [4.78, 5) is 0. The molecule has 0 unspecified atom stereocenters. The van der Waals surface area contributed by atoms with E-state index in [1.807, 2.05) is 32.0 Å². The van der Waals surface area contributed by atoms with E-state index < -0.39 is 0 Å². The molecule has 18 heavy (non-hydrogen) atoms. The zero-order chi connectivity index (χ0) is 13.5. The second-order valence-corrected chi connectivity index (χ2v) is 4.29. The van der Waals surface area contributed by atoms with Gasteiger partial charge in [0.25, 0.3) is 0 Å². The van der Waals surface area contributed by atoms with Crippen LogP contribution >= 0.6 is 0 Å². The zero-order valence-electron chi connectivity index (χ0n) is 11.1. The van der Waals surface area contributed by atoms with E-state index in [1.54, 1.807) is 24.3 Å². The van der Waals surface area contributed by atoms with Crippen LogP contribution in [0.4, 0.5) is 0 Å². The van der Waals surface area contributed by atoms with E-state index in [4.69, 9.17) is 10.2 Å². The number of phenols is 2. The third-order valence-corrected chi connectivity index (χ3v) is 2.84. The molecule has 96 valence electrons. The summed E-state index contributed by atoms with van der Waals surface area (Å²) < 4.78 is 0. The first-order valence-electron chi connectivity index (χ1n) is 6.07. The van der Waals surface area contributed by atoms with Gasteiger partial charge in [0.05, 0.1) is 0 Å². The number of aryl methyl sites for hydroxylation is 3. The Hall–Kier alpha value is -1.96. The Morgan fingerprint density at radius 3 is 1.78 bits per heavy atom. The van der Waals surface area contributed by atoms with Crippen molar-refractivity contribution in [3.05, 3.63) is 59.2 Å². The molecular weight excluding hydrogens is 224 g/mol. The number of hydrogen-bond acceptors (Lipinski definition) is 2. The topological polar surface area (TPSA) is 40.5 Å². The minimum absolute atomic E-state index is 0.340. The smallest absolute Gasteiger partial charge is 0.115 e. The molecule has 0 saturated heterocycles. The first-order valence-corrected chi connectivity index (χ1v) is 6.07. The van der Waals surface area contributed by atoms with Crippen molar-refractivity contribution < 1.29 is 10.2 Å². The average molecular weight is 244 g/mol. The Morgan fingerprint density at radius 1 is 0.778 bits per heavy atom. The molecule has 2 aromatic rings. The minimum atomic E-state index is 0.340. The number of aromatic hydroxyl groups is 2. The van der Waals surface area contributed by atoms with Gasteiger partial charge in [-0.15, -0.1) is 0 Å². The Bertz CT molecular complexity index is 487. The van der Waals surface area contributed by atoms with Crippen LogP contribution in [-0.4, -0.2) is 10.2 Å². The molecule has 2 N–H and O–H groups in total. The van der Waals surface area contributed by atoms with Gasteiger partial charge in [-0.25, -0.2) is 0 Å². The maximum absolute atomic E-state index is 8.94. The van der Waals surface area contributed by atoms with Crippen LogP contribution in [0.15, 0.2) is 42.5 Å². The van der Waals surface area contributed by atoms with Gasteiger partial charge < -0.3 is 10.2 Å². The minimum Gasteiger partial charge on any atom is -0.508 e. The second-order valence-electron chi connectivity index (χ2n) is 4.29. The Labute approximate surface area is 109 Å². The zero-order valence-corrected chi connectivity index (χ0v) is 11.1. The number of benzene rings is 2. The van der Waals surface area contributed by atoms with Crippen molar-refractivity contribution in [1.29, 1.82) is 0 Å². The third kappa shape index (κ3) is 4.50. The molecule has 0 fully saturated rings. The van der Waals surface area contributed by atoms with Crippen molar-refractivity contribution >= 4 is 0 Å². The molecule has 0 spiro atoms. The fourth-order valence-electron chi connectivity index (χ4n) is 1.46. The van der Waals surface area contributed by atoms with Gasteiger partial charge in [0, 0.05) is 0 Å². The van der Waals surface area contributed by atoms with Crippen LogP contribution in [0.2, 0.25) is 0 Å². The lowest BCUT2D eigenvalue weighted by molar-refractivity contribution is 0.474. The first-order chi connectivity index (χ1) is 8.52. The molecule has 0 heterocycles. The van der Waals surface area contributed by atoms with Crippen molar-refractivity contribution in [3.8, 4) is 11.5 Å². The normalized spacial score (nSPS) is 9.50. The predicted molar refractivity (Wildman–Crippen MR) is 75.1 cm³/mol. The largest absolute Gasteiger partial charge is 0.508 e. The van der Waals surface area contributed by atoms with Gasteiger partial charge in [0.1, 0.15) is 11.5 Å². The molecule has 2 rings (SSSR count). The highest BCUT2D eigenvalue weighted by atomic mass is 16.3. The fourth-order valence-corrected chi connectivity index (χ4v) is 1.46. The maximum atomic E-state index is 8.94. The van der Waals surface area contributed by atoms with Gasteiger partial charge in [-0.1, -0.05) is 25.1 Å². The van der Waals surface area contributed by atoms with Gasteiger partial charge in [-0.3, -0.25) is 0 Å². The second kappa shape index (κ2) is 6.70. The summed E-state index contributed by atoms with van der Waals surface area (Å²) >= 11 is 0. The van der Waals surface area contributed by atoms with Crippen molar-refractivity contribution in [1.82, 2.24) is 0 Å². The summed E-state index contributed by atoms with van der Waals surface area (Å²) in [5.41, 5.74) is 3.61. The quantitative estimate of drug-likeness (QED) is 0.797. The van der Waals surface area contributed by atoms with Gasteiger partial charge >= 0.3 is 0 Å². The SMILES string of the molecule is CCc1ccc(O)cc1.Cc1ccc(O)cc1C. The van der Waals surface area contributed by atoms with Crippen LogP contribution in [0.5, 0.6) is 11.5 Å². The van der Waals surface area contributed by atoms with Gasteiger partial charge in [0.2, 0.25) is 0 Å². The molecule has 0 radical (unpaired) electrons. The standard InChI is InChI=1S/2C8H10O/c1-6-3-4-8(9)5-7(6)2;1-2-7-3-5-8(9)6-4-7/h3-5,9H,1-2H3;3-6,9H,2H2,1H3. The van der Waals surface area contributed by atoms with Crippen LogP contribution in [0, 0.1) is 13.8 Å². The number of hydrogen-bond donors (Lipinski definition) is 2. The van der Waals surface area contributed by atoms with Crippen LogP contribution < -0.4 is 0 Å². The van der Waals surface area contributed by atoms with Gasteiger partial charge in [0.15, 0.2) is 0 Å². The first kappa shape index (κ1) is 14.1. The van der Waals surface area contributed by atoms with E-state index in [-0.39, 0.29) is 0 Å². The molecule has 0 aliphatic carbocycles. The molecule has 2 nitrogen and oxygen atoms in total. The third-order valence-electron chi connectivity index (χ3n) is 2.84. The predicted octanol–water partition coefficient (Wildman–Crippen LogP) is 3.96. The molecule has 2 aromatic carbocycles. The molecule has 0 bridgehead atoms. The van der Waals surface area contributed by atoms with Crippen LogP contribution in [0.3, 0.4) is 0 Å². The number of phenolic OH excluding ortho intramolecular Hbond substituents is 2. The lowest BCUT2D eigenvalue weighted by Crippen LogP contribution is -1.76. The summed E-state index contributed by atoms with van der Waals surface area (Å²) in [6, 6.07) is 12.6. The van der Waals surface area contributed by atoms with E-state index >= 15 is 0 Å². The molecule has 0 aromatic heterocycles. The van der Waals surface area contributed by atoms with Gasteiger partial charge in [-0.05, 0) is 61.2 Å². The Balaban J connectivity index is 0.000000180. The summed E-state index contributed by atoms with van der Waals surface area (Å²) in [6.45, 7) is 6.09. The van der Waals surface area contributed by atoms with E-state index in [1.165, 1.54) is 11.1 Å². The van der Waals surface area contributed by atoms with Gasteiger partial charge in [-0.2, -0.15) is 0 Å². The summed E-state index contributed by atoms with van der Waals surface area (Å²) in [5, 5.41) is 17.8. The Morgan fingerprint density at radius 2 is 1.33 bits per heavy atom. The fraction of sp³-hybridized carbons (Fsp3) is 0.250. The van der Waals surface area contributed by atoms with Crippen molar-refractivity contribution in [2.24, 2.45) is 0 Å². The van der Waals surface area contributed by atoms with E-state index in [9.17, 15) is 0 Å². The summed E-state index contributed by atoms with van der Waals surface area (Å²) in [5.74, 6) is 0.685. The van der Waals surface area contributed by atoms with Crippen LogP contribution in [0.1, 0.15) is 23.6 Å². The van der Waals surface area contributed by atoms with Crippen LogP contribution in [0.25, 0.3) is 0 Å². The molecule has 0 aliphatic heterocycles. The van der Waals surface area contributed by atoms with E-state index in [0.717, 1.165) is 12.0 Å². The van der Waals surface area contributed by atoms with E-state index in [0.29, 0.717) is 11.5 Å². The maximum Gasteiger partial charge on any atom is 0.115 e. The van der Waals surface area contributed by atoms with E-state index in [2.05, 4.69) is 6.92 Å². The molecule has 0 aliphatic rings. The number of rotatable bonds is 1. The monoisotopic (exact) mass is 244 g/mol. The molecule has 0 atom stereocenters. The highest BCUT2D eigenvalue weighted by molar-refractivity contribution is 5.32. The highest BCUT2D eigenvalue weighted by Gasteiger charge is 1.91. The summed E-state index contributed by atoms with van der Waals surface area (Å²) in [7, 11) is 0. The van der Waals surface area contributed by atoms with Crippen molar-refractivity contribution in [2.75, 3.05) is 0 Å².